The minimum Gasteiger partial charge on any atom is -0.353 e. The SMILES string of the molecule is Cl.Cl.Cn1cccc1[C@H](C(F)F)N1CCNCC1. The van der Waals surface area contributed by atoms with Crippen molar-refractivity contribution in [2.45, 2.75) is 12.5 Å². The average molecular weight is 302 g/mol. The van der Waals surface area contributed by atoms with Gasteiger partial charge in [-0.05, 0) is 12.1 Å². The molecule has 0 aliphatic carbocycles. The van der Waals surface area contributed by atoms with Crippen LogP contribution in [0.4, 0.5) is 8.78 Å². The summed E-state index contributed by atoms with van der Waals surface area (Å²) < 4.78 is 28.1. The van der Waals surface area contributed by atoms with Crippen molar-refractivity contribution in [3.05, 3.63) is 24.0 Å². The largest absolute Gasteiger partial charge is 0.353 e. The molecule has 1 atom stereocenters. The first-order valence-corrected chi connectivity index (χ1v) is 5.54. The maximum atomic E-state index is 13.2. The van der Waals surface area contributed by atoms with E-state index in [0.717, 1.165) is 13.1 Å². The van der Waals surface area contributed by atoms with Crippen LogP contribution in [-0.2, 0) is 7.05 Å². The number of hydrogen-bond acceptors (Lipinski definition) is 2. The Morgan fingerprint density at radius 3 is 2.28 bits per heavy atom. The van der Waals surface area contributed by atoms with Gasteiger partial charge in [0.05, 0.1) is 0 Å². The van der Waals surface area contributed by atoms with Crippen LogP contribution in [0.3, 0.4) is 0 Å². The number of nitrogens with zero attached hydrogens (tertiary/aromatic N) is 2. The van der Waals surface area contributed by atoms with Crippen LogP contribution >= 0.6 is 24.8 Å². The van der Waals surface area contributed by atoms with Gasteiger partial charge in [0.2, 0.25) is 0 Å². The van der Waals surface area contributed by atoms with Gasteiger partial charge in [-0.2, -0.15) is 0 Å². The predicted molar refractivity (Wildman–Crippen MR) is 73.1 cm³/mol. The van der Waals surface area contributed by atoms with E-state index in [4.69, 9.17) is 0 Å². The van der Waals surface area contributed by atoms with E-state index in [2.05, 4.69) is 5.32 Å². The zero-order valence-electron chi connectivity index (χ0n) is 10.2. The lowest BCUT2D eigenvalue weighted by atomic mass is 10.1. The van der Waals surface area contributed by atoms with Crippen LogP contribution in [0.5, 0.6) is 0 Å². The molecule has 0 spiro atoms. The molecule has 1 aliphatic rings. The molecule has 2 heterocycles. The number of aryl methyl sites for hydroxylation is 1. The molecule has 2 rings (SSSR count). The second-order valence-corrected chi connectivity index (χ2v) is 4.11. The van der Waals surface area contributed by atoms with Crippen molar-refractivity contribution >= 4 is 24.8 Å². The van der Waals surface area contributed by atoms with Crippen LogP contribution < -0.4 is 5.32 Å². The molecule has 0 bridgehead atoms. The second kappa shape index (κ2) is 7.94. The van der Waals surface area contributed by atoms with Crippen LogP contribution in [0.15, 0.2) is 18.3 Å². The second-order valence-electron chi connectivity index (χ2n) is 4.11. The van der Waals surface area contributed by atoms with Gasteiger partial charge in [0.25, 0.3) is 6.43 Å². The molecule has 1 aromatic heterocycles. The summed E-state index contributed by atoms with van der Waals surface area (Å²) in [7, 11) is 1.81. The van der Waals surface area contributed by atoms with Crippen molar-refractivity contribution in [3.8, 4) is 0 Å². The molecule has 7 heteroatoms. The van der Waals surface area contributed by atoms with Gasteiger partial charge in [0, 0.05) is 45.1 Å². The van der Waals surface area contributed by atoms with Gasteiger partial charge in [0.15, 0.2) is 0 Å². The van der Waals surface area contributed by atoms with Gasteiger partial charge < -0.3 is 9.88 Å². The van der Waals surface area contributed by atoms with Crippen molar-refractivity contribution < 1.29 is 8.78 Å². The quantitative estimate of drug-likeness (QED) is 0.922. The Bertz CT molecular complexity index is 341. The predicted octanol–water partition coefficient (Wildman–Crippen LogP) is 2.08. The first-order chi connectivity index (χ1) is 7.70. The fourth-order valence-electron chi connectivity index (χ4n) is 2.22. The lowest BCUT2D eigenvalue weighted by Crippen LogP contribution is -2.47. The summed E-state index contributed by atoms with van der Waals surface area (Å²) in [5.41, 5.74) is 0.692. The van der Waals surface area contributed by atoms with E-state index in [1.165, 1.54) is 0 Å². The fourth-order valence-corrected chi connectivity index (χ4v) is 2.22. The van der Waals surface area contributed by atoms with E-state index in [1.54, 1.807) is 10.6 Å². The molecule has 0 amide bonds. The van der Waals surface area contributed by atoms with Crippen LogP contribution in [0.25, 0.3) is 0 Å². The number of hydrogen-bond donors (Lipinski definition) is 1. The summed E-state index contributed by atoms with van der Waals surface area (Å²) in [5.74, 6) is 0. The number of alkyl halides is 2. The van der Waals surface area contributed by atoms with Crippen molar-refractivity contribution in [1.82, 2.24) is 14.8 Å². The van der Waals surface area contributed by atoms with E-state index in [0.29, 0.717) is 18.8 Å². The summed E-state index contributed by atoms with van der Waals surface area (Å²) in [5, 5.41) is 3.18. The highest BCUT2D eigenvalue weighted by atomic mass is 35.5. The lowest BCUT2D eigenvalue weighted by molar-refractivity contribution is 0.0147. The first-order valence-electron chi connectivity index (χ1n) is 5.54. The summed E-state index contributed by atoms with van der Waals surface area (Å²) >= 11 is 0. The maximum Gasteiger partial charge on any atom is 0.259 e. The van der Waals surface area contributed by atoms with Crippen molar-refractivity contribution in [2.24, 2.45) is 7.05 Å². The molecule has 3 nitrogen and oxygen atoms in total. The molecule has 0 aromatic carbocycles. The zero-order chi connectivity index (χ0) is 11.5. The van der Waals surface area contributed by atoms with Gasteiger partial charge in [-0.15, -0.1) is 24.8 Å². The minimum atomic E-state index is -2.34. The van der Waals surface area contributed by atoms with Crippen molar-refractivity contribution in [1.29, 1.82) is 0 Å². The average Bonchev–Trinajstić information content (AvgIpc) is 2.66. The van der Waals surface area contributed by atoms with Gasteiger partial charge in [-0.25, -0.2) is 8.78 Å². The summed E-state index contributed by atoms with van der Waals surface area (Å²) in [6, 6.07) is 2.81. The monoisotopic (exact) mass is 301 g/mol. The maximum absolute atomic E-state index is 13.2. The highest BCUT2D eigenvalue weighted by Crippen LogP contribution is 2.27. The topological polar surface area (TPSA) is 20.2 Å². The summed E-state index contributed by atoms with van der Waals surface area (Å²) in [6.45, 7) is 2.93. The van der Waals surface area contributed by atoms with Crippen LogP contribution in [0.1, 0.15) is 11.7 Å². The van der Waals surface area contributed by atoms with E-state index < -0.39 is 12.5 Å². The zero-order valence-corrected chi connectivity index (χ0v) is 11.8. The Morgan fingerprint density at radius 2 is 1.83 bits per heavy atom. The Labute approximate surface area is 118 Å². The van der Waals surface area contributed by atoms with Crippen LogP contribution in [0.2, 0.25) is 0 Å². The molecule has 1 aromatic rings. The van der Waals surface area contributed by atoms with E-state index in [-0.39, 0.29) is 24.8 Å². The van der Waals surface area contributed by atoms with Crippen molar-refractivity contribution in [3.63, 3.8) is 0 Å². The molecule has 1 fully saturated rings. The van der Waals surface area contributed by atoms with Gasteiger partial charge in [-0.1, -0.05) is 0 Å². The van der Waals surface area contributed by atoms with E-state index in [1.807, 2.05) is 24.2 Å². The molecule has 1 N–H and O–H groups in total. The molecule has 1 saturated heterocycles. The molecular weight excluding hydrogens is 283 g/mol. The number of halogens is 4. The Kier molecular flexibility index (Phi) is 7.78. The lowest BCUT2D eigenvalue weighted by Gasteiger charge is -2.34. The number of nitrogens with one attached hydrogen (secondary N) is 1. The number of aromatic nitrogens is 1. The van der Waals surface area contributed by atoms with Gasteiger partial charge >= 0.3 is 0 Å². The molecule has 0 unspecified atom stereocenters. The highest BCUT2D eigenvalue weighted by molar-refractivity contribution is 5.85. The van der Waals surface area contributed by atoms with E-state index in [9.17, 15) is 8.78 Å². The Hall–Kier alpha value is -0.360. The fraction of sp³-hybridized carbons (Fsp3) is 0.636. The first kappa shape index (κ1) is 17.6. The third-order valence-electron chi connectivity index (χ3n) is 3.07. The molecule has 1 aliphatic heterocycles. The normalized spacial score (nSPS) is 18.0. The highest BCUT2D eigenvalue weighted by Gasteiger charge is 2.31. The molecule has 0 radical (unpaired) electrons. The van der Waals surface area contributed by atoms with Crippen LogP contribution in [0, 0.1) is 0 Å². The Balaban J connectivity index is 0.00000144. The summed E-state index contributed by atoms with van der Waals surface area (Å²) in [6.07, 6.45) is -0.529. The molecule has 18 heavy (non-hydrogen) atoms. The van der Waals surface area contributed by atoms with Crippen molar-refractivity contribution in [2.75, 3.05) is 26.2 Å². The van der Waals surface area contributed by atoms with Crippen LogP contribution in [-0.4, -0.2) is 42.1 Å². The van der Waals surface area contributed by atoms with Gasteiger partial charge in [-0.3, -0.25) is 4.90 Å². The smallest absolute Gasteiger partial charge is 0.259 e. The third kappa shape index (κ3) is 3.82. The molecule has 0 saturated carbocycles. The number of piperazine rings is 1. The minimum absolute atomic E-state index is 0. The number of rotatable bonds is 3. The van der Waals surface area contributed by atoms with Gasteiger partial charge in [0.1, 0.15) is 6.04 Å². The molecule has 106 valence electrons. The summed E-state index contributed by atoms with van der Waals surface area (Å²) in [4.78, 5) is 1.86. The molecular formula is C11H19Cl2F2N3. The standard InChI is InChI=1S/C11H17F2N3.2ClH/c1-15-6-2-3-9(15)10(11(12)13)16-7-4-14-5-8-16;;/h2-3,6,10-11,14H,4-5,7-8H2,1H3;2*1H/t10-;;/m1../s1. The Morgan fingerprint density at radius 1 is 1.22 bits per heavy atom. The third-order valence-corrected chi connectivity index (χ3v) is 3.07. The van der Waals surface area contributed by atoms with E-state index >= 15 is 0 Å².